The molecule has 1 atom stereocenters. The van der Waals surface area contributed by atoms with Crippen molar-refractivity contribution in [2.24, 2.45) is 0 Å². The van der Waals surface area contributed by atoms with Crippen LogP contribution in [0.5, 0.6) is 5.75 Å². The Morgan fingerprint density at radius 3 is 2.93 bits per heavy atom. The minimum Gasteiger partial charge on any atom is -0.495 e. The second-order valence-corrected chi connectivity index (χ2v) is 8.38. The fourth-order valence-corrected chi connectivity index (χ4v) is 4.97. The number of aromatic nitrogens is 2. The SMILES string of the molecule is COc1ccc(Cl)cc1NC(=O)[C@H](C)n1cnc2sc3c(c2c1=O)CCCC3. The minimum atomic E-state index is -0.729. The average molecular weight is 418 g/mol. The van der Waals surface area contributed by atoms with E-state index in [1.54, 1.807) is 36.5 Å². The lowest BCUT2D eigenvalue weighted by molar-refractivity contribution is -0.118. The Labute approximate surface area is 171 Å². The number of hydrogen-bond donors (Lipinski definition) is 1. The molecule has 3 aromatic rings. The van der Waals surface area contributed by atoms with Gasteiger partial charge >= 0.3 is 0 Å². The summed E-state index contributed by atoms with van der Waals surface area (Å²) in [6.45, 7) is 1.68. The summed E-state index contributed by atoms with van der Waals surface area (Å²) < 4.78 is 6.67. The van der Waals surface area contributed by atoms with Gasteiger partial charge in [0.2, 0.25) is 5.91 Å². The summed E-state index contributed by atoms with van der Waals surface area (Å²) in [6.07, 6.45) is 5.59. The highest BCUT2D eigenvalue weighted by atomic mass is 35.5. The predicted octanol–water partition coefficient (Wildman–Crippen LogP) is 4.20. The topological polar surface area (TPSA) is 73.2 Å². The molecule has 4 rings (SSSR count). The number of nitrogens with one attached hydrogen (secondary N) is 1. The molecule has 2 aromatic heterocycles. The average Bonchev–Trinajstić information content (AvgIpc) is 3.07. The molecule has 6 nitrogen and oxygen atoms in total. The highest BCUT2D eigenvalue weighted by Crippen LogP contribution is 2.33. The Bertz CT molecular complexity index is 1120. The van der Waals surface area contributed by atoms with Gasteiger partial charge in [0, 0.05) is 9.90 Å². The van der Waals surface area contributed by atoms with Crippen molar-refractivity contribution in [1.29, 1.82) is 0 Å². The van der Waals surface area contributed by atoms with Crippen molar-refractivity contribution in [3.05, 3.63) is 50.3 Å². The Hall–Kier alpha value is -2.38. The zero-order valence-corrected chi connectivity index (χ0v) is 17.2. The number of aryl methyl sites for hydroxylation is 2. The van der Waals surface area contributed by atoms with E-state index in [0.717, 1.165) is 36.1 Å². The van der Waals surface area contributed by atoms with Gasteiger partial charge in [-0.25, -0.2) is 4.98 Å². The number of hydrogen-bond acceptors (Lipinski definition) is 5. The van der Waals surface area contributed by atoms with Gasteiger partial charge in [0.15, 0.2) is 0 Å². The van der Waals surface area contributed by atoms with Gasteiger partial charge in [0.25, 0.3) is 5.56 Å². The number of anilines is 1. The first kappa shape index (κ1) is 19.0. The fourth-order valence-electron chi connectivity index (χ4n) is 3.58. The fraction of sp³-hybridized carbons (Fsp3) is 0.350. The van der Waals surface area contributed by atoms with Crippen molar-refractivity contribution in [3.8, 4) is 5.75 Å². The molecule has 1 amide bonds. The van der Waals surface area contributed by atoms with Crippen molar-refractivity contribution in [3.63, 3.8) is 0 Å². The van der Waals surface area contributed by atoms with Crippen molar-refractivity contribution < 1.29 is 9.53 Å². The van der Waals surface area contributed by atoms with Crippen molar-refractivity contribution >= 4 is 44.7 Å². The number of carbonyl (C=O) groups is 1. The van der Waals surface area contributed by atoms with E-state index >= 15 is 0 Å². The van der Waals surface area contributed by atoms with Crippen molar-refractivity contribution in [2.45, 2.75) is 38.6 Å². The Morgan fingerprint density at radius 1 is 1.36 bits per heavy atom. The second-order valence-electron chi connectivity index (χ2n) is 6.86. The molecule has 0 saturated heterocycles. The lowest BCUT2D eigenvalue weighted by Gasteiger charge is -2.17. The standard InChI is InChI=1S/C20H20ClN3O3S/c1-11(18(25)23-14-9-12(21)7-8-15(14)27-2)24-10-22-19-17(20(24)26)13-5-3-4-6-16(13)28-19/h7-11H,3-6H2,1-2H3,(H,23,25)/t11-/m0/s1. The maximum atomic E-state index is 13.1. The monoisotopic (exact) mass is 417 g/mol. The van der Waals surface area contributed by atoms with Crippen LogP contribution in [-0.4, -0.2) is 22.6 Å². The number of methoxy groups -OCH3 is 1. The molecule has 2 heterocycles. The molecular weight excluding hydrogens is 398 g/mol. The van der Waals surface area contributed by atoms with Crippen LogP contribution in [0.25, 0.3) is 10.2 Å². The number of benzene rings is 1. The maximum absolute atomic E-state index is 13.1. The number of carbonyl (C=O) groups excluding carboxylic acids is 1. The Kier molecular flexibility index (Phi) is 5.12. The first-order chi connectivity index (χ1) is 13.5. The molecule has 0 aliphatic heterocycles. The first-order valence-electron chi connectivity index (χ1n) is 9.15. The van der Waals surface area contributed by atoms with E-state index in [9.17, 15) is 9.59 Å². The third kappa shape index (κ3) is 3.29. The molecule has 1 aliphatic carbocycles. The number of halogens is 1. The van der Waals surface area contributed by atoms with Crippen LogP contribution >= 0.6 is 22.9 Å². The molecular formula is C20H20ClN3O3S. The summed E-state index contributed by atoms with van der Waals surface area (Å²) in [6, 6.07) is 4.25. The summed E-state index contributed by atoms with van der Waals surface area (Å²) in [7, 11) is 1.52. The molecule has 146 valence electrons. The van der Waals surface area contributed by atoms with Crippen LogP contribution in [0.4, 0.5) is 5.69 Å². The highest BCUT2D eigenvalue weighted by Gasteiger charge is 2.23. The second kappa shape index (κ2) is 7.56. The van der Waals surface area contributed by atoms with Gasteiger partial charge in [0.05, 0.1) is 24.5 Å². The number of thiophene rings is 1. The van der Waals surface area contributed by atoms with E-state index in [0.29, 0.717) is 21.8 Å². The zero-order chi connectivity index (χ0) is 19.8. The van der Waals surface area contributed by atoms with E-state index < -0.39 is 6.04 Å². The van der Waals surface area contributed by atoms with Crippen LogP contribution in [0.15, 0.2) is 29.3 Å². The van der Waals surface area contributed by atoms with Crippen LogP contribution in [0.1, 0.15) is 36.2 Å². The summed E-state index contributed by atoms with van der Waals surface area (Å²) in [5.41, 5.74) is 1.41. The summed E-state index contributed by atoms with van der Waals surface area (Å²) >= 11 is 7.62. The minimum absolute atomic E-state index is 0.162. The van der Waals surface area contributed by atoms with Crippen LogP contribution in [0.2, 0.25) is 5.02 Å². The van der Waals surface area contributed by atoms with Gasteiger partial charge in [-0.15, -0.1) is 11.3 Å². The van der Waals surface area contributed by atoms with Crippen molar-refractivity contribution in [2.75, 3.05) is 12.4 Å². The smallest absolute Gasteiger partial charge is 0.263 e. The van der Waals surface area contributed by atoms with E-state index in [-0.39, 0.29) is 11.5 Å². The normalized spacial score (nSPS) is 14.5. The largest absolute Gasteiger partial charge is 0.495 e. The third-order valence-corrected chi connectivity index (χ3v) is 6.55. The molecule has 8 heteroatoms. The molecule has 0 bridgehead atoms. The zero-order valence-electron chi connectivity index (χ0n) is 15.6. The summed E-state index contributed by atoms with van der Waals surface area (Å²) in [4.78, 5) is 32.4. The molecule has 0 saturated carbocycles. The molecule has 0 spiro atoms. The molecule has 0 fully saturated rings. The van der Waals surface area contributed by atoms with E-state index in [2.05, 4.69) is 10.3 Å². The molecule has 0 unspecified atom stereocenters. The molecule has 1 N–H and O–H groups in total. The van der Waals surface area contributed by atoms with Crippen LogP contribution in [0.3, 0.4) is 0 Å². The number of fused-ring (bicyclic) bond motifs is 3. The van der Waals surface area contributed by atoms with Gasteiger partial charge in [-0.3, -0.25) is 14.2 Å². The van der Waals surface area contributed by atoms with Crippen LogP contribution in [0, 0.1) is 0 Å². The van der Waals surface area contributed by atoms with Gasteiger partial charge in [-0.1, -0.05) is 11.6 Å². The lowest BCUT2D eigenvalue weighted by Crippen LogP contribution is -2.32. The number of amides is 1. The molecule has 1 aromatic carbocycles. The predicted molar refractivity (Wildman–Crippen MR) is 112 cm³/mol. The van der Waals surface area contributed by atoms with E-state index in [1.165, 1.54) is 22.9 Å². The number of nitrogens with zero attached hydrogens (tertiary/aromatic N) is 2. The third-order valence-electron chi connectivity index (χ3n) is 5.12. The highest BCUT2D eigenvalue weighted by molar-refractivity contribution is 7.18. The Morgan fingerprint density at radius 2 is 2.14 bits per heavy atom. The van der Waals surface area contributed by atoms with Gasteiger partial charge in [-0.05, 0) is 56.4 Å². The number of ether oxygens (including phenoxy) is 1. The summed E-state index contributed by atoms with van der Waals surface area (Å²) in [5, 5.41) is 3.95. The molecule has 1 aliphatic rings. The van der Waals surface area contributed by atoms with Gasteiger partial charge in [-0.2, -0.15) is 0 Å². The van der Waals surface area contributed by atoms with E-state index in [4.69, 9.17) is 16.3 Å². The quantitative estimate of drug-likeness (QED) is 0.690. The van der Waals surface area contributed by atoms with Crippen LogP contribution < -0.4 is 15.6 Å². The first-order valence-corrected chi connectivity index (χ1v) is 10.3. The van der Waals surface area contributed by atoms with Crippen LogP contribution in [-0.2, 0) is 17.6 Å². The number of rotatable bonds is 4. The maximum Gasteiger partial charge on any atom is 0.263 e. The summed E-state index contributed by atoms with van der Waals surface area (Å²) in [5.74, 6) is 0.158. The lowest BCUT2D eigenvalue weighted by atomic mass is 9.97. The van der Waals surface area contributed by atoms with Gasteiger partial charge < -0.3 is 10.1 Å². The van der Waals surface area contributed by atoms with E-state index in [1.807, 2.05) is 0 Å². The molecule has 0 radical (unpaired) electrons. The Balaban J connectivity index is 1.68. The van der Waals surface area contributed by atoms with Gasteiger partial charge in [0.1, 0.15) is 16.6 Å². The molecule has 28 heavy (non-hydrogen) atoms. The van der Waals surface area contributed by atoms with Crippen molar-refractivity contribution in [1.82, 2.24) is 9.55 Å².